The lowest BCUT2D eigenvalue weighted by Gasteiger charge is -2.32. The number of nitrogens with one attached hydrogen (secondary N) is 1. The zero-order valence-corrected chi connectivity index (χ0v) is 12.5. The van der Waals surface area contributed by atoms with Crippen molar-refractivity contribution in [3.63, 3.8) is 0 Å². The van der Waals surface area contributed by atoms with Crippen LogP contribution in [0, 0.1) is 0 Å². The fourth-order valence-corrected chi connectivity index (χ4v) is 3.07. The predicted molar refractivity (Wildman–Crippen MR) is 73.0 cm³/mol. The Hall–Kier alpha value is -0.910. The first-order chi connectivity index (χ1) is 8.20. The zero-order valence-electron chi connectivity index (χ0n) is 11.6. The Morgan fingerprint density at radius 2 is 1.94 bits per heavy atom. The fraction of sp³-hybridized carbons (Fsp3) is 0.833. The molecule has 18 heavy (non-hydrogen) atoms. The molecule has 0 saturated carbocycles. The highest BCUT2D eigenvalue weighted by atomic mass is 32.2. The molecular formula is C12H23NO4S. The second-order valence-corrected chi connectivity index (χ2v) is 7.05. The van der Waals surface area contributed by atoms with Crippen LogP contribution in [-0.2, 0) is 9.53 Å². The van der Waals surface area contributed by atoms with E-state index in [4.69, 9.17) is 4.74 Å². The monoisotopic (exact) mass is 277 g/mol. The minimum atomic E-state index is -1.05. The van der Waals surface area contributed by atoms with Gasteiger partial charge in [0.15, 0.2) is 0 Å². The van der Waals surface area contributed by atoms with Crippen molar-refractivity contribution in [2.24, 2.45) is 0 Å². The van der Waals surface area contributed by atoms with Crippen LogP contribution in [0.2, 0.25) is 0 Å². The van der Waals surface area contributed by atoms with Crippen molar-refractivity contribution >= 4 is 23.8 Å². The molecule has 0 fully saturated rings. The maximum atomic E-state index is 11.4. The van der Waals surface area contributed by atoms with Gasteiger partial charge in [-0.3, -0.25) is 0 Å². The van der Waals surface area contributed by atoms with Gasteiger partial charge in [0.1, 0.15) is 6.04 Å². The minimum absolute atomic E-state index is 0.273. The molecule has 0 heterocycles. The van der Waals surface area contributed by atoms with Gasteiger partial charge in [-0.25, -0.2) is 9.59 Å². The number of hydrogen-bond acceptors (Lipinski definition) is 4. The average Bonchev–Trinajstić information content (AvgIpc) is 2.20. The highest BCUT2D eigenvalue weighted by molar-refractivity contribution is 8.01. The number of carboxylic acids is 1. The molecular weight excluding hydrogens is 254 g/mol. The summed E-state index contributed by atoms with van der Waals surface area (Å²) in [5.74, 6) is -1.05. The van der Waals surface area contributed by atoms with Crippen molar-refractivity contribution in [2.75, 3.05) is 6.61 Å². The molecule has 0 saturated heterocycles. The molecule has 5 nitrogen and oxygen atoms in total. The van der Waals surface area contributed by atoms with E-state index < -0.39 is 22.9 Å². The van der Waals surface area contributed by atoms with Crippen molar-refractivity contribution in [1.29, 1.82) is 0 Å². The first-order valence-corrected chi connectivity index (χ1v) is 6.92. The van der Waals surface area contributed by atoms with Crippen LogP contribution in [0.1, 0.15) is 41.0 Å². The van der Waals surface area contributed by atoms with E-state index in [9.17, 15) is 14.7 Å². The summed E-state index contributed by atoms with van der Waals surface area (Å²) < 4.78 is 4.24. The van der Waals surface area contributed by atoms with Crippen molar-refractivity contribution in [3.05, 3.63) is 0 Å². The Morgan fingerprint density at radius 3 is 2.33 bits per heavy atom. The molecule has 6 heteroatoms. The van der Waals surface area contributed by atoms with Crippen molar-refractivity contribution < 1.29 is 19.4 Å². The molecule has 0 rings (SSSR count). The van der Waals surface area contributed by atoms with Crippen LogP contribution in [0.5, 0.6) is 0 Å². The molecule has 0 aromatic heterocycles. The third-order valence-electron chi connectivity index (χ3n) is 2.18. The van der Waals surface area contributed by atoms with E-state index in [-0.39, 0.29) is 11.9 Å². The lowest BCUT2D eigenvalue weighted by atomic mass is 10.0. The molecule has 0 aromatic carbocycles. The molecule has 0 aliphatic carbocycles. The van der Waals surface area contributed by atoms with E-state index in [0.29, 0.717) is 6.42 Å². The molecule has 1 amide bonds. The standard InChI is InChI=1S/C12H23NO4S/c1-6-7-17-11(16)13-9(10(14)15)12(4,5)18-8(2)3/h8-9H,6-7H2,1-5H3,(H,13,16)(H,14,15)/t9-/m0/s1. The number of rotatable bonds is 7. The molecule has 0 aliphatic rings. The highest BCUT2D eigenvalue weighted by Crippen LogP contribution is 2.32. The Labute approximate surface area is 113 Å². The molecule has 1 atom stereocenters. The SMILES string of the molecule is CCCOC(=O)N[C@@H](C(=O)O)C(C)(C)SC(C)C. The van der Waals surface area contributed by atoms with Crippen LogP contribution in [0.15, 0.2) is 0 Å². The lowest BCUT2D eigenvalue weighted by Crippen LogP contribution is -2.53. The topological polar surface area (TPSA) is 75.6 Å². The normalized spacial score (nSPS) is 13.2. The number of amides is 1. The Morgan fingerprint density at radius 1 is 1.39 bits per heavy atom. The van der Waals surface area contributed by atoms with Crippen molar-refractivity contribution in [1.82, 2.24) is 5.32 Å². The van der Waals surface area contributed by atoms with Gasteiger partial charge in [0.05, 0.1) is 6.61 Å². The van der Waals surface area contributed by atoms with Gasteiger partial charge in [-0.05, 0) is 25.5 Å². The number of carboxylic acid groups (broad SMARTS) is 1. The summed E-state index contributed by atoms with van der Waals surface area (Å²) in [6.45, 7) is 9.74. The van der Waals surface area contributed by atoms with Gasteiger partial charge < -0.3 is 15.2 Å². The van der Waals surface area contributed by atoms with Gasteiger partial charge in [-0.1, -0.05) is 20.8 Å². The zero-order chi connectivity index (χ0) is 14.3. The second kappa shape index (κ2) is 7.51. The first kappa shape index (κ1) is 17.1. The molecule has 0 bridgehead atoms. The fourth-order valence-electron chi connectivity index (χ4n) is 1.56. The van der Waals surface area contributed by atoms with Crippen molar-refractivity contribution in [2.45, 2.75) is 57.1 Å². The number of carbonyl (C=O) groups is 2. The van der Waals surface area contributed by atoms with E-state index >= 15 is 0 Å². The van der Waals surface area contributed by atoms with Gasteiger partial charge in [0.25, 0.3) is 0 Å². The third-order valence-corrected chi connectivity index (χ3v) is 3.50. The van der Waals surface area contributed by atoms with Gasteiger partial charge in [-0.2, -0.15) is 11.8 Å². The van der Waals surface area contributed by atoms with Crippen LogP contribution in [0.25, 0.3) is 0 Å². The maximum absolute atomic E-state index is 11.4. The minimum Gasteiger partial charge on any atom is -0.480 e. The number of aliphatic carboxylic acids is 1. The predicted octanol–water partition coefficient (Wildman–Crippen LogP) is 2.50. The number of carbonyl (C=O) groups excluding carboxylic acids is 1. The molecule has 0 unspecified atom stereocenters. The van der Waals surface area contributed by atoms with Gasteiger partial charge in [-0.15, -0.1) is 0 Å². The molecule has 0 aliphatic heterocycles. The van der Waals surface area contributed by atoms with Crippen LogP contribution in [-0.4, -0.2) is 39.8 Å². The van der Waals surface area contributed by atoms with Crippen LogP contribution in [0.3, 0.4) is 0 Å². The Balaban J connectivity index is 4.65. The number of thioether (sulfide) groups is 1. The van der Waals surface area contributed by atoms with E-state index in [1.807, 2.05) is 20.8 Å². The maximum Gasteiger partial charge on any atom is 0.407 e. The molecule has 106 valence electrons. The molecule has 0 radical (unpaired) electrons. The van der Waals surface area contributed by atoms with Crippen LogP contribution in [0.4, 0.5) is 4.79 Å². The van der Waals surface area contributed by atoms with Gasteiger partial charge >= 0.3 is 12.1 Å². The smallest absolute Gasteiger partial charge is 0.407 e. The Bertz CT molecular complexity index is 292. The Kier molecular flexibility index (Phi) is 7.13. The van der Waals surface area contributed by atoms with Crippen molar-refractivity contribution in [3.8, 4) is 0 Å². The summed E-state index contributed by atoms with van der Waals surface area (Å²) in [4.78, 5) is 22.7. The van der Waals surface area contributed by atoms with E-state index in [1.165, 1.54) is 11.8 Å². The summed E-state index contributed by atoms with van der Waals surface area (Å²) in [6.07, 6.45) is 0.0247. The summed E-state index contributed by atoms with van der Waals surface area (Å²) in [6, 6.07) is -0.978. The largest absolute Gasteiger partial charge is 0.480 e. The first-order valence-electron chi connectivity index (χ1n) is 6.04. The molecule has 0 aromatic rings. The molecule has 0 spiro atoms. The summed E-state index contributed by atoms with van der Waals surface area (Å²) in [5.41, 5.74) is 0. The van der Waals surface area contributed by atoms with E-state index in [1.54, 1.807) is 13.8 Å². The number of ether oxygens (including phenoxy) is 1. The summed E-state index contributed by atoms with van der Waals surface area (Å²) >= 11 is 1.51. The summed E-state index contributed by atoms with van der Waals surface area (Å²) in [7, 11) is 0. The molecule has 2 N–H and O–H groups in total. The van der Waals surface area contributed by atoms with Gasteiger partial charge in [0, 0.05) is 4.75 Å². The van der Waals surface area contributed by atoms with E-state index in [2.05, 4.69) is 5.32 Å². The quantitative estimate of drug-likeness (QED) is 0.747. The average molecular weight is 277 g/mol. The second-order valence-electron chi connectivity index (χ2n) is 4.82. The lowest BCUT2D eigenvalue weighted by molar-refractivity contribution is -0.140. The number of hydrogen-bond donors (Lipinski definition) is 2. The highest BCUT2D eigenvalue weighted by Gasteiger charge is 2.38. The van der Waals surface area contributed by atoms with Crippen LogP contribution < -0.4 is 5.32 Å². The van der Waals surface area contributed by atoms with E-state index in [0.717, 1.165) is 0 Å². The third kappa shape index (κ3) is 6.14. The number of alkyl carbamates (subject to hydrolysis) is 1. The summed E-state index contributed by atoms with van der Waals surface area (Å²) in [5, 5.41) is 11.9. The van der Waals surface area contributed by atoms with Gasteiger partial charge in [0.2, 0.25) is 0 Å². The van der Waals surface area contributed by atoms with Crippen LogP contribution >= 0.6 is 11.8 Å².